The molecule has 0 aromatic heterocycles. The van der Waals surface area contributed by atoms with E-state index in [1.54, 1.807) is 14.2 Å². The highest BCUT2D eigenvalue weighted by atomic mass is 79.9. The first-order valence-corrected chi connectivity index (χ1v) is 11.0. The van der Waals surface area contributed by atoms with Gasteiger partial charge in [-0.25, -0.2) is 5.43 Å². The monoisotopic (exact) mass is 469 g/mol. The first kappa shape index (κ1) is 20.9. The van der Waals surface area contributed by atoms with Gasteiger partial charge in [0.1, 0.15) is 6.17 Å². The SMILES string of the molecule is COc1ccc(C2=CC(C(C)(C)C)=NC3C(Br)C(c4ccccc4)NN23)cc1OC. The molecule has 2 aliphatic heterocycles. The van der Waals surface area contributed by atoms with Gasteiger partial charge in [0.25, 0.3) is 0 Å². The molecule has 1 N–H and O–H groups in total. The minimum Gasteiger partial charge on any atom is -0.493 e. The molecule has 1 saturated heterocycles. The Labute approximate surface area is 186 Å². The molecule has 3 unspecified atom stereocenters. The molecule has 2 heterocycles. The number of benzene rings is 2. The summed E-state index contributed by atoms with van der Waals surface area (Å²) in [5.74, 6) is 1.43. The molecule has 30 heavy (non-hydrogen) atoms. The van der Waals surface area contributed by atoms with Crippen molar-refractivity contribution in [1.29, 1.82) is 0 Å². The molecule has 5 nitrogen and oxygen atoms in total. The number of halogens is 1. The van der Waals surface area contributed by atoms with Crippen molar-refractivity contribution in [3.63, 3.8) is 0 Å². The van der Waals surface area contributed by atoms with Crippen molar-refractivity contribution in [3.05, 3.63) is 65.7 Å². The van der Waals surface area contributed by atoms with E-state index >= 15 is 0 Å². The molecule has 0 spiro atoms. The van der Waals surface area contributed by atoms with E-state index in [2.05, 4.69) is 83.5 Å². The summed E-state index contributed by atoms with van der Waals surface area (Å²) in [6, 6.07) is 16.6. The smallest absolute Gasteiger partial charge is 0.161 e. The van der Waals surface area contributed by atoms with Crippen molar-refractivity contribution in [1.82, 2.24) is 10.4 Å². The van der Waals surface area contributed by atoms with Crippen LogP contribution in [0.15, 0.2) is 59.6 Å². The molecule has 158 valence electrons. The lowest BCUT2D eigenvalue weighted by molar-refractivity contribution is 0.284. The van der Waals surface area contributed by atoms with Crippen LogP contribution in [0.2, 0.25) is 0 Å². The van der Waals surface area contributed by atoms with E-state index in [1.165, 1.54) is 5.56 Å². The number of hydrogen-bond acceptors (Lipinski definition) is 5. The minimum atomic E-state index is -0.0640. The number of nitrogens with zero attached hydrogens (tertiary/aromatic N) is 2. The summed E-state index contributed by atoms with van der Waals surface area (Å²) in [5, 5.41) is 2.17. The van der Waals surface area contributed by atoms with Gasteiger partial charge < -0.3 is 9.47 Å². The zero-order valence-electron chi connectivity index (χ0n) is 18.0. The Hall–Kier alpha value is -2.31. The summed E-state index contributed by atoms with van der Waals surface area (Å²) < 4.78 is 11.0. The number of methoxy groups -OCH3 is 2. The number of hydrazine groups is 1. The lowest BCUT2D eigenvalue weighted by Crippen LogP contribution is -2.41. The van der Waals surface area contributed by atoms with E-state index < -0.39 is 0 Å². The van der Waals surface area contributed by atoms with E-state index in [0.29, 0.717) is 11.5 Å². The van der Waals surface area contributed by atoms with Crippen LogP contribution in [0.5, 0.6) is 11.5 Å². The van der Waals surface area contributed by atoms with Crippen LogP contribution in [0, 0.1) is 5.41 Å². The first-order valence-electron chi connectivity index (χ1n) is 10.1. The first-order chi connectivity index (χ1) is 14.3. The number of nitrogens with one attached hydrogen (secondary N) is 1. The van der Waals surface area contributed by atoms with Crippen LogP contribution in [0.3, 0.4) is 0 Å². The molecule has 4 rings (SSSR count). The van der Waals surface area contributed by atoms with E-state index in [-0.39, 0.29) is 22.4 Å². The van der Waals surface area contributed by atoms with Gasteiger partial charge in [-0.3, -0.25) is 10.0 Å². The van der Waals surface area contributed by atoms with Gasteiger partial charge in [0.05, 0.1) is 30.8 Å². The Morgan fingerprint density at radius 2 is 1.70 bits per heavy atom. The maximum Gasteiger partial charge on any atom is 0.161 e. The second-order valence-electron chi connectivity index (χ2n) is 8.61. The highest BCUT2D eigenvalue weighted by molar-refractivity contribution is 9.09. The van der Waals surface area contributed by atoms with Crippen LogP contribution in [-0.4, -0.2) is 35.9 Å². The quantitative estimate of drug-likeness (QED) is 0.625. The molecule has 2 aromatic carbocycles. The second kappa shape index (κ2) is 8.08. The molecule has 1 fully saturated rings. The van der Waals surface area contributed by atoms with Gasteiger partial charge in [-0.05, 0) is 29.8 Å². The lowest BCUT2D eigenvalue weighted by Gasteiger charge is -2.34. The van der Waals surface area contributed by atoms with Gasteiger partial charge in [-0.15, -0.1) is 0 Å². The Morgan fingerprint density at radius 3 is 2.33 bits per heavy atom. The topological polar surface area (TPSA) is 46.1 Å². The number of hydrogen-bond donors (Lipinski definition) is 1. The average Bonchev–Trinajstić information content (AvgIpc) is 3.09. The zero-order valence-corrected chi connectivity index (χ0v) is 19.6. The third-order valence-electron chi connectivity index (χ3n) is 5.56. The highest BCUT2D eigenvalue weighted by Gasteiger charge is 2.44. The van der Waals surface area contributed by atoms with Crippen LogP contribution >= 0.6 is 15.9 Å². The van der Waals surface area contributed by atoms with Crippen LogP contribution < -0.4 is 14.9 Å². The fraction of sp³-hybridized carbons (Fsp3) is 0.375. The fourth-order valence-corrected chi connectivity index (χ4v) is 4.66. The van der Waals surface area contributed by atoms with Crippen LogP contribution in [-0.2, 0) is 0 Å². The summed E-state index contributed by atoms with van der Waals surface area (Å²) in [5.41, 5.74) is 8.05. The van der Waals surface area contributed by atoms with Crippen LogP contribution in [0.25, 0.3) is 5.70 Å². The van der Waals surface area contributed by atoms with Crippen molar-refractivity contribution in [3.8, 4) is 11.5 Å². The number of ether oxygens (including phenoxy) is 2. The lowest BCUT2D eigenvalue weighted by atomic mass is 9.87. The third kappa shape index (κ3) is 3.74. The molecule has 0 amide bonds. The molecular formula is C24H28BrN3O2. The van der Waals surface area contributed by atoms with Gasteiger partial charge in [0.2, 0.25) is 0 Å². The molecule has 2 aliphatic rings. The Kier molecular flexibility index (Phi) is 5.64. The summed E-state index contributed by atoms with van der Waals surface area (Å²) >= 11 is 3.95. The number of rotatable bonds is 4. The van der Waals surface area contributed by atoms with Gasteiger partial charge in [0.15, 0.2) is 11.5 Å². The number of alkyl halides is 1. The predicted octanol–water partition coefficient (Wildman–Crippen LogP) is 5.20. The summed E-state index contributed by atoms with van der Waals surface area (Å²) in [6.07, 6.45) is 2.12. The van der Waals surface area contributed by atoms with Crippen molar-refractivity contribution in [2.24, 2.45) is 10.4 Å². The van der Waals surface area contributed by atoms with E-state index in [0.717, 1.165) is 17.0 Å². The molecular weight excluding hydrogens is 442 g/mol. The number of fused-ring (bicyclic) bond motifs is 1. The molecule has 3 atom stereocenters. The normalized spacial score (nSPS) is 23.5. The van der Waals surface area contributed by atoms with Crippen molar-refractivity contribution >= 4 is 27.3 Å². The van der Waals surface area contributed by atoms with Crippen LogP contribution in [0.4, 0.5) is 0 Å². The molecule has 0 bridgehead atoms. The molecule has 0 aliphatic carbocycles. The van der Waals surface area contributed by atoms with E-state index in [9.17, 15) is 0 Å². The van der Waals surface area contributed by atoms with Gasteiger partial charge >= 0.3 is 0 Å². The molecule has 0 saturated carbocycles. The van der Waals surface area contributed by atoms with E-state index in [1.807, 2.05) is 18.2 Å². The second-order valence-corrected chi connectivity index (χ2v) is 9.67. The minimum absolute atomic E-state index is 0.0578. The predicted molar refractivity (Wildman–Crippen MR) is 125 cm³/mol. The summed E-state index contributed by atoms with van der Waals surface area (Å²) in [6.45, 7) is 6.60. The molecule has 6 heteroatoms. The third-order valence-corrected chi connectivity index (χ3v) is 6.56. The fourth-order valence-electron chi connectivity index (χ4n) is 3.88. The summed E-state index contributed by atoms with van der Waals surface area (Å²) in [4.78, 5) is 5.25. The number of allylic oxidation sites excluding steroid dienone is 1. The van der Waals surface area contributed by atoms with Crippen LogP contribution in [0.1, 0.15) is 37.9 Å². The number of aliphatic imine (C=N–C) groups is 1. The van der Waals surface area contributed by atoms with Crippen molar-refractivity contribution in [2.45, 2.75) is 37.8 Å². The molecule has 2 aromatic rings. The average molecular weight is 470 g/mol. The Balaban J connectivity index is 1.79. The van der Waals surface area contributed by atoms with Gasteiger partial charge in [-0.1, -0.05) is 67.0 Å². The maximum atomic E-state index is 5.55. The van der Waals surface area contributed by atoms with Crippen molar-refractivity contribution in [2.75, 3.05) is 14.2 Å². The Bertz CT molecular complexity index is 982. The maximum absolute atomic E-state index is 5.55. The van der Waals surface area contributed by atoms with Gasteiger partial charge in [-0.2, -0.15) is 0 Å². The summed E-state index contributed by atoms with van der Waals surface area (Å²) in [7, 11) is 3.31. The largest absolute Gasteiger partial charge is 0.493 e. The van der Waals surface area contributed by atoms with Crippen molar-refractivity contribution < 1.29 is 9.47 Å². The molecule has 0 radical (unpaired) electrons. The standard InChI is InChI=1S/C24H28BrN3O2/c1-24(2,3)20-14-17(16-11-12-18(29-4)19(13-16)30-5)28-23(26-20)21(25)22(27-28)15-9-7-6-8-10-15/h6-14,21-23,27H,1-5H3. The van der Waals surface area contributed by atoms with Gasteiger partial charge in [0, 0.05) is 16.7 Å². The zero-order chi connectivity index (χ0) is 21.5. The Morgan fingerprint density at radius 1 is 1.00 bits per heavy atom. The highest BCUT2D eigenvalue weighted by Crippen LogP contribution is 2.42. The van der Waals surface area contributed by atoms with E-state index in [4.69, 9.17) is 14.5 Å².